The first-order chi connectivity index (χ1) is 27.7. The lowest BCUT2D eigenvalue weighted by Crippen LogP contribution is -1.95. The van der Waals surface area contributed by atoms with Gasteiger partial charge < -0.3 is 4.57 Å². The molecule has 0 radical (unpaired) electrons. The van der Waals surface area contributed by atoms with E-state index in [2.05, 4.69) is 205 Å². The number of aromatic nitrogens is 2. The molecule has 0 saturated carbocycles. The van der Waals surface area contributed by atoms with E-state index in [4.69, 9.17) is 4.98 Å². The molecule has 3 heteroatoms. The average molecular weight is 731 g/mol. The van der Waals surface area contributed by atoms with Crippen LogP contribution in [-0.4, -0.2) is 9.55 Å². The maximum absolute atomic E-state index is 5.17. The number of pyridine rings is 1. The van der Waals surface area contributed by atoms with E-state index in [0.717, 1.165) is 33.8 Å². The Bertz CT molecular complexity index is 3170. The van der Waals surface area contributed by atoms with Crippen molar-refractivity contribution in [3.05, 3.63) is 206 Å². The first kappa shape index (κ1) is 32.4. The topological polar surface area (TPSA) is 17.8 Å². The Kier molecular flexibility index (Phi) is 7.72. The van der Waals surface area contributed by atoms with Gasteiger partial charge in [0.05, 0.1) is 22.4 Å². The van der Waals surface area contributed by atoms with E-state index in [1.54, 1.807) is 0 Å². The van der Waals surface area contributed by atoms with Crippen molar-refractivity contribution in [2.24, 2.45) is 0 Å². The molecule has 2 nitrogen and oxygen atoms in total. The summed E-state index contributed by atoms with van der Waals surface area (Å²) < 4.78 is 5.05. The third-order valence-corrected chi connectivity index (χ3v) is 12.2. The van der Waals surface area contributed by atoms with Crippen LogP contribution >= 0.6 is 11.3 Å². The molecule has 262 valence electrons. The molecule has 0 bridgehead atoms. The highest BCUT2D eigenvalue weighted by atomic mass is 32.1. The number of hydrogen-bond acceptors (Lipinski definition) is 2. The van der Waals surface area contributed by atoms with Crippen molar-refractivity contribution in [3.8, 4) is 61.6 Å². The molecule has 0 fully saturated rings. The van der Waals surface area contributed by atoms with Gasteiger partial charge in [0, 0.05) is 47.8 Å². The van der Waals surface area contributed by atoms with Gasteiger partial charge in [-0.15, -0.1) is 11.3 Å². The van der Waals surface area contributed by atoms with Gasteiger partial charge in [-0.05, 0) is 100 Å². The minimum atomic E-state index is 0.953. The van der Waals surface area contributed by atoms with Crippen LogP contribution in [0.3, 0.4) is 0 Å². The Hall–Kier alpha value is -7.07. The minimum Gasteiger partial charge on any atom is -0.309 e. The van der Waals surface area contributed by atoms with Crippen molar-refractivity contribution in [3.63, 3.8) is 0 Å². The molecule has 0 aliphatic heterocycles. The summed E-state index contributed by atoms with van der Waals surface area (Å²) in [4.78, 5) is 5.17. The zero-order valence-electron chi connectivity index (χ0n) is 30.4. The van der Waals surface area contributed by atoms with Gasteiger partial charge in [-0.2, -0.15) is 0 Å². The normalized spacial score (nSPS) is 11.6. The first-order valence-corrected chi connectivity index (χ1v) is 19.8. The summed E-state index contributed by atoms with van der Waals surface area (Å²) in [6.45, 7) is 0. The maximum Gasteiger partial charge on any atom is 0.0715 e. The van der Waals surface area contributed by atoms with E-state index in [1.165, 1.54) is 69.8 Å². The molecule has 11 aromatic rings. The minimum absolute atomic E-state index is 0.953. The second kappa shape index (κ2) is 13.3. The van der Waals surface area contributed by atoms with Crippen molar-refractivity contribution in [1.82, 2.24) is 9.55 Å². The SMILES string of the molecule is c1ccc(-c2cc(-c3ccccc3)nc(-c3ccc(-n4c5ccccc5c5cc(-c6cccc(-c7ccc8sc9ccccc9c8c7)c6)ccc54)cc3)c2)cc1. The van der Waals surface area contributed by atoms with Crippen LogP contribution in [0.1, 0.15) is 0 Å². The molecule has 3 aromatic heterocycles. The predicted molar refractivity (Wildman–Crippen MR) is 239 cm³/mol. The van der Waals surface area contributed by atoms with E-state index in [0.29, 0.717) is 0 Å². The maximum atomic E-state index is 5.17. The number of nitrogens with zero attached hydrogens (tertiary/aromatic N) is 2. The molecule has 0 saturated heterocycles. The van der Waals surface area contributed by atoms with Crippen LogP contribution in [0.4, 0.5) is 0 Å². The van der Waals surface area contributed by atoms with Gasteiger partial charge in [0.2, 0.25) is 0 Å². The van der Waals surface area contributed by atoms with Crippen molar-refractivity contribution < 1.29 is 0 Å². The Morgan fingerprint density at radius 2 is 0.821 bits per heavy atom. The van der Waals surface area contributed by atoms with E-state index < -0.39 is 0 Å². The number of fused-ring (bicyclic) bond motifs is 6. The van der Waals surface area contributed by atoms with Crippen LogP contribution in [0.15, 0.2) is 206 Å². The van der Waals surface area contributed by atoms with Crippen LogP contribution in [0, 0.1) is 0 Å². The zero-order chi connectivity index (χ0) is 37.0. The lowest BCUT2D eigenvalue weighted by molar-refractivity contribution is 1.18. The molecule has 0 N–H and O–H groups in total. The molecule has 3 heterocycles. The molecular formula is C53H34N2S. The van der Waals surface area contributed by atoms with Gasteiger partial charge in [-0.25, -0.2) is 4.98 Å². The Morgan fingerprint density at radius 3 is 1.57 bits per heavy atom. The van der Waals surface area contributed by atoms with Crippen LogP contribution in [-0.2, 0) is 0 Å². The van der Waals surface area contributed by atoms with Gasteiger partial charge in [-0.1, -0.05) is 140 Å². The highest BCUT2D eigenvalue weighted by Crippen LogP contribution is 2.39. The second-order valence-corrected chi connectivity index (χ2v) is 15.5. The van der Waals surface area contributed by atoms with Gasteiger partial charge in [0.1, 0.15) is 0 Å². The van der Waals surface area contributed by atoms with Gasteiger partial charge in [0.25, 0.3) is 0 Å². The highest BCUT2D eigenvalue weighted by Gasteiger charge is 2.15. The molecule has 11 rings (SSSR count). The Balaban J connectivity index is 0.975. The Labute approximate surface area is 329 Å². The van der Waals surface area contributed by atoms with Crippen molar-refractivity contribution in [2.75, 3.05) is 0 Å². The zero-order valence-corrected chi connectivity index (χ0v) is 31.2. The second-order valence-electron chi connectivity index (χ2n) is 14.4. The van der Waals surface area contributed by atoms with Gasteiger partial charge in [0.15, 0.2) is 0 Å². The molecule has 0 atom stereocenters. The summed E-state index contributed by atoms with van der Waals surface area (Å²) >= 11 is 1.86. The Morgan fingerprint density at radius 1 is 0.304 bits per heavy atom. The summed E-state index contributed by atoms with van der Waals surface area (Å²) in [7, 11) is 0. The van der Waals surface area contributed by atoms with E-state index in [-0.39, 0.29) is 0 Å². The van der Waals surface area contributed by atoms with Gasteiger partial charge in [-0.3, -0.25) is 0 Å². The standard InChI is InChI=1S/C53H34N2S/c1-3-12-35(13-4-1)42-33-48(36-14-5-2-6-15-36)54-49(34-42)37-22-26-43(27-23-37)55-50-20-9-7-18-44(50)46-31-40(24-28-51(46)55)38-16-11-17-39(30-38)41-25-29-53-47(32-41)45-19-8-10-21-52(45)56-53/h1-34H. The quantitative estimate of drug-likeness (QED) is 0.167. The molecule has 0 aliphatic rings. The lowest BCUT2D eigenvalue weighted by Gasteiger charge is -2.12. The fourth-order valence-electron chi connectivity index (χ4n) is 8.23. The van der Waals surface area contributed by atoms with Crippen LogP contribution < -0.4 is 0 Å². The van der Waals surface area contributed by atoms with Crippen molar-refractivity contribution >= 4 is 53.3 Å². The third-order valence-electron chi connectivity index (χ3n) is 11.0. The molecular weight excluding hydrogens is 697 g/mol. The molecule has 8 aromatic carbocycles. The molecule has 0 spiro atoms. The van der Waals surface area contributed by atoms with Crippen LogP contribution in [0.25, 0.3) is 104 Å². The largest absolute Gasteiger partial charge is 0.309 e. The lowest BCUT2D eigenvalue weighted by atomic mass is 9.97. The number of rotatable bonds is 6. The molecule has 0 unspecified atom stereocenters. The summed E-state index contributed by atoms with van der Waals surface area (Å²) in [6, 6.07) is 74.5. The van der Waals surface area contributed by atoms with E-state index in [9.17, 15) is 0 Å². The summed E-state index contributed by atoms with van der Waals surface area (Å²) in [5.74, 6) is 0. The predicted octanol–water partition coefficient (Wildman–Crippen LogP) is 14.9. The molecule has 0 amide bonds. The molecule has 56 heavy (non-hydrogen) atoms. The summed E-state index contributed by atoms with van der Waals surface area (Å²) in [6.07, 6.45) is 0. The fraction of sp³-hybridized carbons (Fsp3) is 0. The first-order valence-electron chi connectivity index (χ1n) is 19.0. The number of para-hydroxylation sites is 1. The van der Waals surface area contributed by atoms with Crippen LogP contribution in [0.5, 0.6) is 0 Å². The van der Waals surface area contributed by atoms with Gasteiger partial charge >= 0.3 is 0 Å². The van der Waals surface area contributed by atoms with Crippen molar-refractivity contribution in [2.45, 2.75) is 0 Å². The number of thiophene rings is 1. The monoisotopic (exact) mass is 730 g/mol. The fourth-order valence-corrected chi connectivity index (χ4v) is 9.31. The van der Waals surface area contributed by atoms with E-state index in [1.807, 2.05) is 17.4 Å². The highest BCUT2D eigenvalue weighted by molar-refractivity contribution is 7.25. The number of benzene rings is 8. The third kappa shape index (κ3) is 5.60. The summed E-state index contributed by atoms with van der Waals surface area (Å²) in [5, 5.41) is 5.13. The average Bonchev–Trinajstić information content (AvgIpc) is 3.82. The molecule has 0 aliphatic carbocycles. The summed E-state index contributed by atoms with van der Waals surface area (Å²) in [5.41, 5.74) is 14.8. The number of hydrogen-bond donors (Lipinski definition) is 0. The van der Waals surface area contributed by atoms with Crippen LogP contribution in [0.2, 0.25) is 0 Å². The smallest absolute Gasteiger partial charge is 0.0715 e. The van der Waals surface area contributed by atoms with Crippen molar-refractivity contribution in [1.29, 1.82) is 0 Å². The van der Waals surface area contributed by atoms with E-state index >= 15 is 0 Å².